The number of nitrogens with zero attached hydrogens (tertiary/aromatic N) is 2. The highest BCUT2D eigenvalue weighted by Gasteiger charge is 2.11. The zero-order chi connectivity index (χ0) is 19.1. The van der Waals surface area contributed by atoms with Gasteiger partial charge in [0.15, 0.2) is 0 Å². The van der Waals surface area contributed by atoms with Gasteiger partial charge in [-0.15, -0.1) is 0 Å². The largest absolute Gasteiger partial charge is 0.465 e. The topological polar surface area (TPSA) is 78.4 Å². The maximum Gasteiger partial charge on any atom is 0.338 e. The molecule has 2 aromatic rings. The molecule has 2 heterocycles. The number of esters is 2. The normalized spacial score (nSPS) is 10.8. The average molecular weight is 375 g/mol. The third-order valence-corrected chi connectivity index (χ3v) is 3.88. The zero-order valence-electron chi connectivity index (χ0n) is 14.8. The Hall–Kier alpha value is -2.73. The molecule has 26 heavy (non-hydrogen) atoms. The summed E-state index contributed by atoms with van der Waals surface area (Å²) < 4.78 is 9.60. The van der Waals surface area contributed by atoms with Crippen LogP contribution in [0.5, 0.6) is 0 Å². The molecule has 2 rings (SSSR count). The van der Waals surface area contributed by atoms with E-state index >= 15 is 0 Å². The van der Waals surface area contributed by atoms with Gasteiger partial charge in [0.05, 0.1) is 19.3 Å². The molecule has 0 radical (unpaired) electrons. The summed E-state index contributed by atoms with van der Waals surface area (Å²) >= 11 is 6.01. The number of ether oxygens (including phenoxy) is 2. The maximum absolute atomic E-state index is 11.7. The Morgan fingerprint density at radius 1 is 1.27 bits per heavy atom. The molecule has 0 fully saturated rings. The highest BCUT2D eigenvalue weighted by Crippen LogP contribution is 2.19. The number of carbonyl (C=O) groups is 2. The van der Waals surface area contributed by atoms with E-state index in [2.05, 4.69) is 9.97 Å². The minimum absolute atomic E-state index is 0.215. The lowest BCUT2D eigenvalue weighted by molar-refractivity contribution is -0.137. The van der Waals surface area contributed by atoms with E-state index in [-0.39, 0.29) is 5.15 Å². The van der Waals surface area contributed by atoms with Crippen molar-refractivity contribution < 1.29 is 19.1 Å². The molecule has 0 unspecified atom stereocenters. The van der Waals surface area contributed by atoms with Crippen molar-refractivity contribution in [1.82, 2.24) is 9.97 Å². The minimum atomic E-state index is -0.475. The van der Waals surface area contributed by atoms with Gasteiger partial charge < -0.3 is 9.47 Å². The van der Waals surface area contributed by atoms with E-state index in [0.717, 1.165) is 16.7 Å². The zero-order valence-corrected chi connectivity index (χ0v) is 15.5. The molecule has 0 aliphatic carbocycles. The number of carbonyl (C=O) groups excluding carboxylic acids is 2. The van der Waals surface area contributed by atoms with Crippen LogP contribution in [0.2, 0.25) is 5.15 Å². The molecule has 6 nitrogen and oxygen atoms in total. The molecule has 0 atom stereocenters. The fourth-order valence-corrected chi connectivity index (χ4v) is 2.58. The monoisotopic (exact) mass is 374 g/mol. The molecule has 136 valence electrons. The first-order valence-electron chi connectivity index (χ1n) is 7.97. The Morgan fingerprint density at radius 2 is 2.04 bits per heavy atom. The Balaban J connectivity index is 2.28. The summed E-state index contributed by atoms with van der Waals surface area (Å²) in [5.41, 5.74) is 3.61. The Morgan fingerprint density at radius 3 is 2.73 bits per heavy atom. The molecule has 0 saturated carbocycles. The quantitative estimate of drug-likeness (QED) is 0.438. The first-order chi connectivity index (χ1) is 12.4. The Labute approximate surface area is 156 Å². The van der Waals surface area contributed by atoms with Gasteiger partial charge in [0, 0.05) is 30.6 Å². The summed E-state index contributed by atoms with van der Waals surface area (Å²) in [5.74, 6) is -0.881. The molecule has 7 heteroatoms. The van der Waals surface area contributed by atoms with Gasteiger partial charge in [-0.3, -0.25) is 4.98 Å². The molecule has 0 amide bonds. The summed E-state index contributed by atoms with van der Waals surface area (Å²) in [6.45, 7) is 4.00. The lowest BCUT2D eigenvalue weighted by Crippen LogP contribution is -2.05. The van der Waals surface area contributed by atoms with Crippen molar-refractivity contribution in [2.45, 2.75) is 20.3 Å². The third-order valence-electron chi connectivity index (χ3n) is 3.68. The van der Waals surface area contributed by atoms with Crippen LogP contribution in [0.3, 0.4) is 0 Å². The summed E-state index contributed by atoms with van der Waals surface area (Å²) in [4.78, 5) is 31.7. The number of methoxy groups -OCH3 is 1. The Bertz CT molecular complexity index is 849. The molecule has 0 bridgehead atoms. The van der Waals surface area contributed by atoms with E-state index in [1.165, 1.54) is 19.3 Å². The molecule has 0 N–H and O–H groups in total. The van der Waals surface area contributed by atoms with Crippen molar-refractivity contribution in [1.29, 1.82) is 0 Å². The van der Waals surface area contributed by atoms with E-state index in [0.29, 0.717) is 24.3 Å². The predicted octanol–water partition coefficient (Wildman–Crippen LogP) is 3.39. The average Bonchev–Trinajstić information content (AvgIpc) is 2.61. The van der Waals surface area contributed by atoms with Gasteiger partial charge in [-0.2, -0.15) is 0 Å². The molecule has 0 aromatic carbocycles. The van der Waals surface area contributed by atoms with Gasteiger partial charge in [-0.1, -0.05) is 11.6 Å². The third kappa shape index (κ3) is 5.13. The van der Waals surface area contributed by atoms with Crippen LogP contribution in [-0.4, -0.2) is 35.6 Å². The molecular weight excluding hydrogens is 356 g/mol. The van der Waals surface area contributed by atoms with Crippen molar-refractivity contribution in [2.24, 2.45) is 0 Å². The van der Waals surface area contributed by atoms with Crippen LogP contribution < -0.4 is 0 Å². The number of rotatable bonds is 6. The fraction of sp³-hybridized carbons (Fsp3) is 0.263. The maximum atomic E-state index is 11.7. The molecule has 0 aliphatic heterocycles. The summed E-state index contributed by atoms with van der Waals surface area (Å²) in [6.07, 6.45) is 6.85. The number of hydrogen-bond acceptors (Lipinski definition) is 6. The highest BCUT2D eigenvalue weighted by molar-refractivity contribution is 6.29. The van der Waals surface area contributed by atoms with E-state index in [4.69, 9.17) is 21.1 Å². The van der Waals surface area contributed by atoms with Gasteiger partial charge in [0.1, 0.15) is 5.15 Å². The number of pyridine rings is 2. The van der Waals surface area contributed by atoms with E-state index in [9.17, 15) is 9.59 Å². The van der Waals surface area contributed by atoms with Crippen molar-refractivity contribution >= 4 is 29.6 Å². The van der Waals surface area contributed by atoms with Crippen LogP contribution in [0.25, 0.3) is 6.08 Å². The summed E-state index contributed by atoms with van der Waals surface area (Å²) in [6, 6.07) is 3.10. The molecule has 0 aliphatic rings. The Kier molecular flexibility index (Phi) is 6.86. The minimum Gasteiger partial charge on any atom is -0.465 e. The van der Waals surface area contributed by atoms with E-state index in [1.807, 2.05) is 6.92 Å². The molecule has 2 aromatic heterocycles. The van der Waals surface area contributed by atoms with Crippen LogP contribution in [0.4, 0.5) is 0 Å². The van der Waals surface area contributed by atoms with Crippen molar-refractivity contribution in [2.75, 3.05) is 13.7 Å². The predicted molar refractivity (Wildman–Crippen MR) is 98.0 cm³/mol. The van der Waals surface area contributed by atoms with Crippen LogP contribution in [-0.2, 0) is 20.7 Å². The summed E-state index contributed by atoms with van der Waals surface area (Å²) in [7, 11) is 1.31. The van der Waals surface area contributed by atoms with Crippen molar-refractivity contribution in [3.05, 3.63) is 63.7 Å². The standard InChI is InChI=1S/C19H19ClN2O4/c1-4-26-18(23)6-5-13-10-21-11-15(12(13)2)8-16-7-14(19(24)25-3)9-17(20)22-16/h5-7,9-11H,4,8H2,1-3H3/b6-5+. The van der Waals surface area contributed by atoms with E-state index in [1.54, 1.807) is 31.5 Å². The van der Waals surface area contributed by atoms with Crippen molar-refractivity contribution in [3.63, 3.8) is 0 Å². The first-order valence-corrected chi connectivity index (χ1v) is 8.35. The highest BCUT2D eigenvalue weighted by atomic mass is 35.5. The number of hydrogen-bond donors (Lipinski definition) is 0. The molecule has 0 saturated heterocycles. The number of aromatic nitrogens is 2. The van der Waals surface area contributed by atoms with Gasteiger partial charge in [0.2, 0.25) is 0 Å². The van der Waals surface area contributed by atoms with Gasteiger partial charge in [-0.05, 0) is 48.7 Å². The second kappa shape index (κ2) is 9.10. The van der Waals surface area contributed by atoms with Crippen LogP contribution in [0, 0.1) is 6.92 Å². The fourth-order valence-electron chi connectivity index (χ4n) is 2.35. The first kappa shape index (κ1) is 19.6. The molecule has 0 spiro atoms. The van der Waals surface area contributed by atoms with Crippen LogP contribution in [0.1, 0.15) is 39.7 Å². The van der Waals surface area contributed by atoms with Gasteiger partial charge in [0.25, 0.3) is 0 Å². The second-order valence-corrected chi connectivity index (χ2v) is 5.82. The SMILES string of the molecule is CCOC(=O)/C=C/c1cncc(Cc2cc(C(=O)OC)cc(Cl)n2)c1C. The van der Waals surface area contributed by atoms with Gasteiger partial charge >= 0.3 is 11.9 Å². The number of halogens is 1. The summed E-state index contributed by atoms with van der Waals surface area (Å²) in [5, 5.41) is 0.215. The van der Waals surface area contributed by atoms with Crippen LogP contribution >= 0.6 is 11.6 Å². The smallest absolute Gasteiger partial charge is 0.338 e. The van der Waals surface area contributed by atoms with Gasteiger partial charge in [-0.25, -0.2) is 14.6 Å². The van der Waals surface area contributed by atoms with Crippen molar-refractivity contribution in [3.8, 4) is 0 Å². The lowest BCUT2D eigenvalue weighted by Gasteiger charge is -2.09. The van der Waals surface area contributed by atoms with Crippen LogP contribution in [0.15, 0.2) is 30.6 Å². The lowest BCUT2D eigenvalue weighted by atomic mass is 10.0. The van der Waals surface area contributed by atoms with E-state index < -0.39 is 11.9 Å². The second-order valence-electron chi connectivity index (χ2n) is 5.44. The molecular formula is C19H19ClN2O4.